The summed E-state index contributed by atoms with van der Waals surface area (Å²) >= 11 is 0. The molecule has 2 bridgehead atoms. The van der Waals surface area contributed by atoms with Gasteiger partial charge in [0.2, 0.25) is 0 Å². The average molecular weight is 303 g/mol. The molecule has 5 heteroatoms. The zero-order valence-electron chi connectivity index (χ0n) is 13.4. The highest BCUT2D eigenvalue weighted by molar-refractivity contribution is 5.94. The van der Waals surface area contributed by atoms with Crippen LogP contribution in [0.3, 0.4) is 0 Å². The van der Waals surface area contributed by atoms with E-state index in [9.17, 15) is 0 Å². The molecule has 22 heavy (non-hydrogen) atoms. The Morgan fingerprint density at radius 3 is 2.68 bits per heavy atom. The zero-order chi connectivity index (χ0) is 15.6. The molecule has 2 aliphatic rings. The van der Waals surface area contributed by atoms with Gasteiger partial charge in [-0.25, -0.2) is 0 Å². The number of hydrogen-bond acceptors (Lipinski definition) is 3. The molecule has 1 aromatic carbocycles. The van der Waals surface area contributed by atoms with Gasteiger partial charge in [-0.05, 0) is 55.6 Å². The molecule has 0 aliphatic heterocycles. The maximum atomic E-state index is 6.07. The van der Waals surface area contributed by atoms with E-state index in [4.69, 9.17) is 15.2 Å². The highest BCUT2D eigenvalue weighted by Crippen LogP contribution is 2.54. The van der Waals surface area contributed by atoms with Gasteiger partial charge in [0.1, 0.15) is 11.5 Å². The van der Waals surface area contributed by atoms with Crippen molar-refractivity contribution in [3.63, 3.8) is 0 Å². The van der Waals surface area contributed by atoms with Crippen molar-refractivity contribution in [1.29, 1.82) is 0 Å². The normalized spacial score (nSPS) is 27.0. The fourth-order valence-electron chi connectivity index (χ4n) is 3.88. The molecule has 0 amide bonds. The van der Waals surface area contributed by atoms with Crippen LogP contribution >= 0.6 is 0 Å². The van der Waals surface area contributed by atoms with Gasteiger partial charge in [0.15, 0.2) is 5.96 Å². The summed E-state index contributed by atoms with van der Waals surface area (Å²) in [4.78, 5) is 4.59. The molecule has 2 aliphatic carbocycles. The average Bonchev–Trinajstić information content (AvgIpc) is 3.14. The van der Waals surface area contributed by atoms with E-state index in [1.54, 1.807) is 14.2 Å². The van der Waals surface area contributed by atoms with Crippen LogP contribution in [0.25, 0.3) is 0 Å². The largest absolute Gasteiger partial charge is 0.497 e. The smallest absolute Gasteiger partial charge is 0.193 e. The molecule has 0 unspecified atom stereocenters. The molecular weight excluding hydrogens is 278 g/mol. The summed E-state index contributed by atoms with van der Waals surface area (Å²) in [5.74, 6) is 2.85. The second-order valence-electron chi connectivity index (χ2n) is 6.54. The van der Waals surface area contributed by atoms with E-state index in [-0.39, 0.29) is 0 Å². The summed E-state index contributed by atoms with van der Waals surface area (Å²) < 4.78 is 10.6. The molecule has 0 aromatic heterocycles. The number of benzene rings is 1. The maximum absolute atomic E-state index is 6.07. The van der Waals surface area contributed by atoms with Gasteiger partial charge in [-0.15, -0.1) is 0 Å². The molecule has 3 rings (SSSR count). The van der Waals surface area contributed by atoms with Crippen molar-refractivity contribution in [2.45, 2.75) is 32.1 Å². The lowest BCUT2D eigenvalue weighted by molar-refractivity contribution is 0.307. The fourth-order valence-corrected chi connectivity index (χ4v) is 3.88. The second kappa shape index (κ2) is 6.07. The molecule has 2 fully saturated rings. The third-order valence-electron chi connectivity index (χ3n) is 5.14. The summed E-state index contributed by atoms with van der Waals surface area (Å²) in [6.07, 6.45) is 6.67. The lowest BCUT2D eigenvalue weighted by atomic mass is 9.84. The Morgan fingerprint density at radius 2 is 2.09 bits per heavy atom. The lowest BCUT2D eigenvalue weighted by Crippen LogP contribution is -2.26. The first-order valence-corrected chi connectivity index (χ1v) is 7.93. The van der Waals surface area contributed by atoms with Crippen molar-refractivity contribution in [2.24, 2.45) is 22.1 Å². The van der Waals surface area contributed by atoms with Crippen LogP contribution in [0.4, 0.5) is 5.69 Å². The predicted molar refractivity (Wildman–Crippen MR) is 88.7 cm³/mol. The minimum atomic E-state index is 0.412. The maximum Gasteiger partial charge on any atom is 0.193 e. The summed E-state index contributed by atoms with van der Waals surface area (Å²) in [7, 11) is 3.27. The Hall–Kier alpha value is -1.91. The Balaban J connectivity index is 1.68. The number of anilines is 1. The summed E-state index contributed by atoms with van der Waals surface area (Å²) in [5.41, 5.74) is 7.26. The lowest BCUT2D eigenvalue weighted by Gasteiger charge is -2.24. The topological polar surface area (TPSA) is 68.9 Å². The number of fused-ring (bicyclic) bond motifs is 2. The van der Waals surface area contributed by atoms with E-state index in [0.29, 0.717) is 11.4 Å². The highest BCUT2D eigenvalue weighted by Gasteiger charge is 2.44. The molecule has 120 valence electrons. The molecule has 0 heterocycles. The van der Waals surface area contributed by atoms with Gasteiger partial charge in [0.05, 0.1) is 19.9 Å². The number of nitrogens with one attached hydrogen (secondary N) is 1. The standard InChI is InChI=1S/C17H25N3O2/c1-21-13-3-4-15(22-2)14(9-13)20-16(18)19-11-17-7-5-12(10-17)6-8-17/h3-4,9,12H,5-8,10-11H2,1-2H3,(H3,18,19,20). The molecule has 0 radical (unpaired) electrons. The van der Waals surface area contributed by atoms with E-state index >= 15 is 0 Å². The Kier molecular flexibility index (Phi) is 4.14. The monoisotopic (exact) mass is 303 g/mol. The Bertz CT molecular complexity index is 563. The molecule has 0 saturated heterocycles. The molecule has 3 N–H and O–H groups in total. The van der Waals surface area contributed by atoms with Crippen LogP contribution in [-0.4, -0.2) is 26.7 Å². The van der Waals surface area contributed by atoms with Gasteiger partial charge in [0.25, 0.3) is 0 Å². The molecule has 2 saturated carbocycles. The summed E-state index contributed by atoms with van der Waals surface area (Å²) in [5, 5.41) is 3.14. The van der Waals surface area contributed by atoms with Crippen molar-refractivity contribution in [1.82, 2.24) is 0 Å². The highest BCUT2D eigenvalue weighted by atomic mass is 16.5. The Morgan fingerprint density at radius 1 is 1.32 bits per heavy atom. The van der Waals surface area contributed by atoms with E-state index < -0.39 is 0 Å². The molecule has 1 aromatic rings. The van der Waals surface area contributed by atoms with Crippen LogP contribution in [0, 0.1) is 11.3 Å². The number of ether oxygens (including phenoxy) is 2. The van der Waals surface area contributed by atoms with Crippen molar-refractivity contribution >= 4 is 11.6 Å². The first-order chi connectivity index (χ1) is 10.6. The first kappa shape index (κ1) is 15.0. The van der Waals surface area contributed by atoms with Gasteiger partial charge in [-0.3, -0.25) is 4.99 Å². The number of aliphatic imine (C=N–C) groups is 1. The van der Waals surface area contributed by atoms with Gasteiger partial charge in [0, 0.05) is 12.6 Å². The second-order valence-corrected chi connectivity index (χ2v) is 6.54. The number of rotatable bonds is 5. The minimum absolute atomic E-state index is 0.412. The van der Waals surface area contributed by atoms with Gasteiger partial charge < -0.3 is 20.5 Å². The molecular formula is C17H25N3O2. The fraction of sp³-hybridized carbons (Fsp3) is 0.588. The zero-order valence-corrected chi connectivity index (χ0v) is 13.4. The van der Waals surface area contributed by atoms with Crippen molar-refractivity contribution in [2.75, 3.05) is 26.1 Å². The third kappa shape index (κ3) is 2.98. The molecule has 0 atom stereocenters. The van der Waals surface area contributed by atoms with E-state index in [1.165, 1.54) is 32.1 Å². The van der Waals surface area contributed by atoms with Crippen LogP contribution in [0.15, 0.2) is 23.2 Å². The molecule has 5 nitrogen and oxygen atoms in total. The number of hydrogen-bond donors (Lipinski definition) is 2. The predicted octanol–water partition coefficient (Wildman–Crippen LogP) is 3.01. The third-order valence-corrected chi connectivity index (χ3v) is 5.14. The quantitative estimate of drug-likeness (QED) is 0.648. The summed E-state index contributed by atoms with van der Waals surface area (Å²) in [6.45, 7) is 0.828. The van der Waals surface area contributed by atoms with Crippen LogP contribution in [0.2, 0.25) is 0 Å². The van der Waals surface area contributed by atoms with Crippen LogP contribution in [0.5, 0.6) is 11.5 Å². The number of guanidine groups is 1. The van der Waals surface area contributed by atoms with Crippen molar-refractivity contribution < 1.29 is 9.47 Å². The van der Waals surface area contributed by atoms with E-state index in [0.717, 1.165) is 29.6 Å². The van der Waals surface area contributed by atoms with Crippen LogP contribution < -0.4 is 20.5 Å². The van der Waals surface area contributed by atoms with Crippen LogP contribution in [0.1, 0.15) is 32.1 Å². The molecule has 0 spiro atoms. The Labute approximate surface area is 131 Å². The van der Waals surface area contributed by atoms with Crippen molar-refractivity contribution in [3.8, 4) is 11.5 Å². The minimum Gasteiger partial charge on any atom is -0.497 e. The van der Waals surface area contributed by atoms with Crippen LogP contribution in [-0.2, 0) is 0 Å². The summed E-state index contributed by atoms with van der Waals surface area (Å²) in [6, 6.07) is 5.57. The van der Waals surface area contributed by atoms with Crippen molar-refractivity contribution in [3.05, 3.63) is 18.2 Å². The van der Waals surface area contributed by atoms with Gasteiger partial charge in [-0.1, -0.05) is 0 Å². The first-order valence-electron chi connectivity index (χ1n) is 7.93. The van der Waals surface area contributed by atoms with E-state index in [2.05, 4.69) is 10.3 Å². The SMILES string of the molecule is COc1ccc(OC)c(NC(N)=NCC23CCC(CC2)C3)c1. The number of methoxy groups -OCH3 is 2. The van der Waals surface area contributed by atoms with Gasteiger partial charge in [-0.2, -0.15) is 0 Å². The van der Waals surface area contributed by atoms with E-state index in [1.807, 2.05) is 18.2 Å². The van der Waals surface area contributed by atoms with Gasteiger partial charge >= 0.3 is 0 Å². The number of nitrogens with two attached hydrogens (primary N) is 1. The number of nitrogens with zero attached hydrogens (tertiary/aromatic N) is 1.